The zero-order valence-electron chi connectivity index (χ0n) is 20.4. The van der Waals surface area contributed by atoms with Crippen LogP contribution in [0.1, 0.15) is 27.6 Å². The number of esters is 1. The lowest BCUT2D eigenvalue weighted by Gasteiger charge is -2.08. The van der Waals surface area contributed by atoms with E-state index in [1.807, 2.05) is 60.7 Å². The Bertz CT molecular complexity index is 1640. The highest BCUT2D eigenvalue weighted by molar-refractivity contribution is 8.01. The molecule has 0 fully saturated rings. The van der Waals surface area contributed by atoms with E-state index in [9.17, 15) is 14.4 Å². The van der Waals surface area contributed by atoms with Gasteiger partial charge >= 0.3 is 5.97 Å². The number of benzene rings is 4. The molecule has 0 aliphatic carbocycles. The number of nitrogens with zero attached hydrogens (tertiary/aromatic N) is 1. The van der Waals surface area contributed by atoms with Crippen molar-refractivity contribution in [2.24, 2.45) is 0 Å². The molecule has 2 amide bonds. The molecule has 0 atom stereocenters. The van der Waals surface area contributed by atoms with Gasteiger partial charge in [-0.1, -0.05) is 48.2 Å². The van der Waals surface area contributed by atoms with Crippen LogP contribution in [-0.4, -0.2) is 35.1 Å². The van der Waals surface area contributed by atoms with Crippen molar-refractivity contribution < 1.29 is 19.1 Å². The number of carbonyl (C=O) groups is 3. The Morgan fingerprint density at radius 1 is 0.895 bits per heavy atom. The number of rotatable bonds is 8. The normalized spacial score (nSPS) is 10.9. The summed E-state index contributed by atoms with van der Waals surface area (Å²) in [5, 5.41) is 7.72. The summed E-state index contributed by atoms with van der Waals surface area (Å²) in [6, 6.07) is 25.6. The van der Waals surface area contributed by atoms with Gasteiger partial charge in [0.05, 0.1) is 28.1 Å². The fraction of sp³-hybridized carbons (Fsp3) is 0.103. The van der Waals surface area contributed by atoms with Crippen LogP contribution in [0.5, 0.6) is 0 Å². The van der Waals surface area contributed by atoms with Crippen molar-refractivity contribution in [1.29, 1.82) is 0 Å². The van der Waals surface area contributed by atoms with E-state index in [1.165, 1.54) is 23.1 Å². The predicted octanol–water partition coefficient (Wildman–Crippen LogP) is 6.61. The second kappa shape index (κ2) is 11.5. The van der Waals surface area contributed by atoms with E-state index in [2.05, 4.69) is 15.6 Å². The molecule has 190 valence electrons. The predicted molar refractivity (Wildman–Crippen MR) is 153 cm³/mol. The largest absolute Gasteiger partial charge is 0.462 e. The number of hydrogen-bond acceptors (Lipinski definition) is 7. The lowest BCUT2D eigenvalue weighted by Crippen LogP contribution is -2.14. The van der Waals surface area contributed by atoms with E-state index < -0.39 is 5.97 Å². The third-order valence-electron chi connectivity index (χ3n) is 5.67. The second-order valence-corrected chi connectivity index (χ2v) is 10.5. The number of hydrogen-bond donors (Lipinski definition) is 2. The summed E-state index contributed by atoms with van der Waals surface area (Å²) < 4.78 is 6.64. The van der Waals surface area contributed by atoms with Crippen molar-refractivity contribution in [1.82, 2.24) is 4.98 Å². The Labute approximate surface area is 227 Å². The number of nitrogens with one attached hydrogen (secondary N) is 2. The molecule has 1 heterocycles. The van der Waals surface area contributed by atoms with E-state index in [4.69, 9.17) is 4.74 Å². The Kier molecular flexibility index (Phi) is 7.67. The van der Waals surface area contributed by atoms with Gasteiger partial charge in [0.15, 0.2) is 4.34 Å². The summed E-state index contributed by atoms with van der Waals surface area (Å²) in [4.78, 5) is 41.8. The van der Waals surface area contributed by atoms with Crippen LogP contribution < -0.4 is 10.6 Å². The molecule has 0 unspecified atom stereocenters. The first-order valence-electron chi connectivity index (χ1n) is 11.9. The van der Waals surface area contributed by atoms with E-state index >= 15 is 0 Å². The summed E-state index contributed by atoms with van der Waals surface area (Å²) in [5.41, 5.74) is 3.13. The molecule has 5 rings (SSSR count). The Morgan fingerprint density at radius 2 is 1.66 bits per heavy atom. The van der Waals surface area contributed by atoms with Gasteiger partial charge in [-0.05, 0) is 66.2 Å². The first-order valence-corrected chi connectivity index (χ1v) is 13.7. The van der Waals surface area contributed by atoms with Gasteiger partial charge in [0, 0.05) is 16.9 Å². The van der Waals surface area contributed by atoms with Gasteiger partial charge in [0.2, 0.25) is 5.91 Å². The monoisotopic (exact) mass is 541 g/mol. The second-order valence-electron chi connectivity index (χ2n) is 8.28. The zero-order valence-corrected chi connectivity index (χ0v) is 22.0. The van der Waals surface area contributed by atoms with Gasteiger partial charge in [-0.2, -0.15) is 0 Å². The number of carbonyl (C=O) groups excluding carboxylic acids is 3. The molecule has 0 saturated carbocycles. The van der Waals surface area contributed by atoms with Crippen molar-refractivity contribution >= 4 is 73.2 Å². The molecule has 1 aromatic heterocycles. The van der Waals surface area contributed by atoms with Crippen LogP contribution in [-0.2, 0) is 9.53 Å². The minimum atomic E-state index is -0.395. The number of ether oxygens (including phenoxy) is 1. The van der Waals surface area contributed by atoms with Gasteiger partial charge in [0.1, 0.15) is 0 Å². The number of fused-ring (bicyclic) bond motifs is 2. The van der Waals surface area contributed by atoms with Crippen molar-refractivity contribution in [3.8, 4) is 0 Å². The Hall–Kier alpha value is -4.21. The molecule has 5 aromatic rings. The van der Waals surface area contributed by atoms with Crippen molar-refractivity contribution in [3.05, 3.63) is 96.1 Å². The molecule has 38 heavy (non-hydrogen) atoms. The standard InChI is InChI=1S/C29H23N3O4S2/c1-2-36-28(35)19-10-12-20(13-11-19)30-26(33)17-37-29-32-24-15-14-21(16-25(24)38-29)31-27(34)23-9-5-7-18-6-3-4-8-22(18)23/h3-16H,2,17H2,1H3,(H,30,33)(H,31,34). The maximum atomic E-state index is 13.0. The quantitative estimate of drug-likeness (QED) is 0.169. The van der Waals surface area contributed by atoms with Gasteiger partial charge < -0.3 is 15.4 Å². The summed E-state index contributed by atoms with van der Waals surface area (Å²) in [5.74, 6) is -0.564. The lowest BCUT2D eigenvalue weighted by atomic mass is 10.0. The highest BCUT2D eigenvalue weighted by Crippen LogP contribution is 2.31. The maximum Gasteiger partial charge on any atom is 0.338 e. The minimum Gasteiger partial charge on any atom is -0.462 e. The van der Waals surface area contributed by atoms with E-state index in [0.29, 0.717) is 29.1 Å². The van der Waals surface area contributed by atoms with Crippen molar-refractivity contribution in [3.63, 3.8) is 0 Å². The van der Waals surface area contributed by atoms with Crippen LogP contribution >= 0.6 is 23.1 Å². The van der Waals surface area contributed by atoms with Crippen molar-refractivity contribution in [2.75, 3.05) is 23.0 Å². The smallest absolute Gasteiger partial charge is 0.338 e. The highest BCUT2D eigenvalue weighted by Gasteiger charge is 2.13. The summed E-state index contributed by atoms with van der Waals surface area (Å²) in [6.45, 7) is 2.06. The van der Waals surface area contributed by atoms with Crippen LogP contribution in [0.3, 0.4) is 0 Å². The molecule has 0 spiro atoms. The number of aromatic nitrogens is 1. The zero-order chi connectivity index (χ0) is 26.5. The summed E-state index contributed by atoms with van der Waals surface area (Å²) in [7, 11) is 0. The maximum absolute atomic E-state index is 13.0. The molecule has 9 heteroatoms. The van der Waals surface area contributed by atoms with Crippen LogP contribution in [0.4, 0.5) is 11.4 Å². The van der Waals surface area contributed by atoms with E-state index in [-0.39, 0.29) is 17.6 Å². The van der Waals surface area contributed by atoms with Gasteiger partial charge in [0.25, 0.3) is 5.91 Å². The number of amides is 2. The topological polar surface area (TPSA) is 97.4 Å². The van der Waals surface area contributed by atoms with Crippen LogP contribution in [0, 0.1) is 0 Å². The summed E-state index contributed by atoms with van der Waals surface area (Å²) >= 11 is 2.80. The molecule has 2 N–H and O–H groups in total. The molecule has 7 nitrogen and oxygen atoms in total. The fourth-order valence-electron chi connectivity index (χ4n) is 3.89. The minimum absolute atomic E-state index is 0.174. The third-order valence-corrected chi connectivity index (χ3v) is 7.83. The first kappa shape index (κ1) is 25.4. The molecular weight excluding hydrogens is 518 g/mol. The molecule has 0 saturated heterocycles. The first-order chi connectivity index (χ1) is 18.5. The molecule has 4 aromatic carbocycles. The fourth-order valence-corrected chi connectivity index (χ4v) is 5.80. The van der Waals surface area contributed by atoms with Crippen LogP contribution in [0.15, 0.2) is 89.3 Å². The molecule has 0 aliphatic rings. The Balaban J connectivity index is 1.20. The van der Waals surface area contributed by atoms with Gasteiger partial charge in [-0.25, -0.2) is 9.78 Å². The molecule has 0 radical (unpaired) electrons. The number of anilines is 2. The average Bonchev–Trinajstić information content (AvgIpc) is 3.34. The summed E-state index contributed by atoms with van der Waals surface area (Å²) in [6.07, 6.45) is 0. The molecule has 0 bridgehead atoms. The SMILES string of the molecule is CCOC(=O)c1ccc(NC(=O)CSc2nc3ccc(NC(=O)c4cccc5ccccc45)cc3s2)cc1. The van der Waals surface area contributed by atoms with Crippen LogP contribution in [0.25, 0.3) is 21.0 Å². The molecule has 0 aliphatic heterocycles. The Morgan fingerprint density at radius 3 is 2.47 bits per heavy atom. The van der Waals surface area contributed by atoms with E-state index in [0.717, 1.165) is 25.3 Å². The van der Waals surface area contributed by atoms with E-state index in [1.54, 1.807) is 31.2 Å². The highest BCUT2D eigenvalue weighted by atomic mass is 32.2. The molecular formula is C29H23N3O4S2. The van der Waals surface area contributed by atoms with Crippen LogP contribution in [0.2, 0.25) is 0 Å². The number of thioether (sulfide) groups is 1. The third kappa shape index (κ3) is 5.85. The van der Waals surface area contributed by atoms with Crippen molar-refractivity contribution in [2.45, 2.75) is 11.3 Å². The average molecular weight is 542 g/mol. The number of thiazole rings is 1. The van der Waals surface area contributed by atoms with Gasteiger partial charge in [-0.15, -0.1) is 11.3 Å². The lowest BCUT2D eigenvalue weighted by molar-refractivity contribution is -0.113. The van der Waals surface area contributed by atoms with Gasteiger partial charge in [-0.3, -0.25) is 9.59 Å².